The molecule has 0 N–H and O–H groups in total. The Morgan fingerprint density at radius 1 is 0.696 bits per heavy atom. The van der Waals surface area contributed by atoms with Crippen LogP contribution in [0.5, 0.6) is 0 Å². The van der Waals surface area contributed by atoms with Crippen LogP contribution in [0.1, 0.15) is 22.3 Å². The molecule has 0 aromatic heterocycles. The van der Waals surface area contributed by atoms with Gasteiger partial charge >= 0.3 is 0 Å². The first-order valence-corrected chi connectivity index (χ1v) is 7.66. The summed E-state index contributed by atoms with van der Waals surface area (Å²) in [5, 5.41) is 12.6. The average Bonchev–Trinajstić information content (AvgIpc) is 2.54. The topological polar surface area (TPSA) is 31.2 Å². The number of hydrazone groups is 2. The lowest BCUT2D eigenvalue weighted by atomic mass is 10.2. The fraction of sp³-hybridized carbons (Fsp3) is 0.263. The molecule has 0 spiro atoms. The second-order valence-electron chi connectivity index (χ2n) is 5.77. The fourth-order valence-corrected chi connectivity index (χ4v) is 2.00. The van der Waals surface area contributed by atoms with Crippen molar-refractivity contribution in [3.05, 3.63) is 70.8 Å². The van der Waals surface area contributed by atoms with Gasteiger partial charge in [0.2, 0.25) is 0 Å². The molecule has 0 fully saturated rings. The largest absolute Gasteiger partial charge is 0.279 e. The van der Waals surface area contributed by atoms with Crippen molar-refractivity contribution in [3.8, 4) is 0 Å². The third-order valence-corrected chi connectivity index (χ3v) is 3.37. The molecule has 0 amide bonds. The van der Waals surface area contributed by atoms with Crippen LogP contribution in [-0.2, 0) is 0 Å². The van der Waals surface area contributed by atoms with E-state index in [1.807, 2.05) is 36.5 Å². The molecule has 0 aliphatic rings. The molecule has 0 aliphatic carbocycles. The lowest BCUT2D eigenvalue weighted by Gasteiger charge is -2.19. The molecule has 120 valence electrons. The van der Waals surface area contributed by atoms with Crippen molar-refractivity contribution >= 4 is 12.4 Å². The summed E-state index contributed by atoms with van der Waals surface area (Å²) in [7, 11) is 3.87. The van der Waals surface area contributed by atoms with Crippen molar-refractivity contribution in [2.24, 2.45) is 10.2 Å². The van der Waals surface area contributed by atoms with Crippen LogP contribution in [0.3, 0.4) is 0 Å². The van der Waals surface area contributed by atoms with E-state index < -0.39 is 0 Å². The second kappa shape index (κ2) is 8.13. The average molecular weight is 308 g/mol. The molecule has 0 unspecified atom stereocenters. The van der Waals surface area contributed by atoms with Gasteiger partial charge in [-0.25, -0.2) is 0 Å². The Morgan fingerprint density at radius 2 is 1.04 bits per heavy atom. The minimum atomic E-state index is 0.616. The van der Waals surface area contributed by atoms with Gasteiger partial charge < -0.3 is 0 Å². The molecule has 0 bridgehead atoms. The monoisotopic (exact) mass is 308 g/mol. The quantitative estimate of drug-likeness (QED) is 0.465. The Balaban J connectivity index is 1.85. The molecule has 2 rings (SSSR count). The van der Waals surface area contributed by atoms with Gasteiger partial charge in [-0.2, -0.15) is 10.2 Å². The third kappa shape index (κ3) is 5.94. The standard InChI is InChI=1S/C19H24N4/c1-16-5-9-18(10-6-16)13-20-22(3)15-23(4)21-14-19-11-7-17(2)8-12-19/h5-14H,15H2,1-4H3. The lowest BCUT2D eigenvalue weighted by molar-refractivity contribution is 0.196. The maximum Gasteiger partial charge on any atom is 0.122 e. The van der Waals surface area contributed by atoms with Crippen LogP contribution < -0.4 is 0 Å². The van der Waals surface area contributed by atoms with Crippen LogP contribution in [0.4, 0.5) is 0 Å². The highest BCUT2D eigenvalue weighted by Gasteiger charge is 1.97. The van der Waals surface area contributed by atoms with E-state index in [1.54, 1.807) is 0 Å². The van der Waals surface area contributed by atoms with E-state index in [1.165, 1.54) is 11.1 Å². The smallest absolute Gasteiger partial charge is 0.122 e. The molecule has 0 radical (unpaired) electrons. The molecule has 4 heteroatoms. The molecule has 0 heterocycles. The number of aryl methyl sites for hydroxylation is 2. The Bertz CT molecular complexity index is 597. The summed E-state index contributed by atoms with van der Waals surface area (Å²) in [6.07, 6.45) is 3.72. The van der Waals surface area contributed by atoms with Crippen molar-refractivity contribution in [2.45, 2.75) is 13.8 Å². The molecule has 0 atom stereocenters. The molecule has 0 aliphatic heterocycles. The molecular weight excluding hydrogens is 284 g/mol. The van der Waals surface area contributed by atoms with Gasteiger partial charge in [0, 0.05) is 14.1 Å². The van der Waals surface area contributed by atoms with Crippen LogP contribution in [0.15, 0.2) is 58.7 Å². The van der Waals surface area contributed by atoms with E-state index in [-0.39, 0.29) is 0 Å². The number of hydrogen-bond acceptors (Lipinski definition) is 4. The predicted molar refractivity (Wildman–Crippen MR) is 97.9 cm³/mol. The van der Waals surface area contributed by atoms with Crippen molar-refractivity contribution in [3.63, 3.8) is 0 Å². The first kappa shape index (κ1) is 16.7. The minimum absolute atomic E-state index is 0.616. The van der Waals surface area contributed by atoms with Crippen molar-refractivity contribution in [1.29, 1.82) is 0 Å². The van der Waals surface area contributed by atoms with Crippen LogP contribution in [-0.4, -0.2) is 43.2 Å². The highest BCUT2D eigenvalue weighted by molar-refractivity contribution is 5.79. The van der Waals surface area contributed by atoms with Crippen LogP contribution in [0, 0.1) is 13.8 Å². The van der Waals surface area contributed by atoms with Gasteiger partial charge in [0.1, 0.15) is 6.67 Å². The zero-order chi connectivity index (χ0) is 16.7. The number of benzene rings is 2. The van der Waals surface area contributed by atoms with Crippen LogP contribution >= 0.6 is 0 Å². The van der Waals surface area contributed by atoms with E-state index in [0.29, 0.717) is 6.67 Å². The zero-order valence-corrected chi connectivity index (χ0v) is 14.3. The molecular formula is C19H24N4. The fourth-order valence-electron chi connectivity index (χ4n) is 2.00. The van der Waals surface area contributed by atoms with E-state index in [0.717, 1.165) is 11.1 Å². The first-order valence-electron chi connectivity index (χ1n) is 7.66. The molecule has 4 nitrogen and oxygen atoms in total. The summed E-state index contributed by atoms with van der Waals surface area (Å²) in [4.78, 5) is 0. The lowest BCUT2D eigenvalue weighted by Crippen LogP contribution is -2.26. The SMILES string of the molecule is Cc1ccc(C=NN(C)CN(C)N=Cc2ccc(C)cc2)cc1. The van der Waals surface area contributed by atoms with E-state index in [2.05, 4.69) is 72.6 Å². The van der Waals surface area contributed by atoms with Gasteiger partial charge in [0.05, 0.1) is 12.4 Å². The Morgan fingerprint density at radius 3 is 1.39 bits per heavy atom. The zero-order valence-electron chi connectivity index (χ0n) is 14.3. The molecule has 23 heavy (non-hydrogen) atoms. The molecule has 2 aromatic rings. The Labute approximate surface area is 138 Å². The minimum Gasteiger partial charge on any atom is -0.279 e. The van der Waals surface area contributed by atoms with Crippen LogP contribution in [0.25, 0.3) is 0 Å². The summed E-state index contributed by atoms with van der Waals surface area (Å²) in [6.45, 7) is 4.77. The van der Waals surface area contributed by atoms with Crippen LogP contribution in [0.2, 0.25) is 0 Å². The number of rotatable bonds is 6. The highest BCUT2D eigenvalue weighted by atomic mass is 15.6. The number of nitrogens with zero attached hydrogens (tertiary/aromatic N) is 4. The molecule has 0 saturated heterocycles. The maximum atomic E-state index is 4.42. The van der Waals surface area contributed by atoms with Gasteiger partial charge in [-0.1, -0.05) is 59.7 Å². The van der Waals surface area contributed by atoms with Crippen molar-refractivity contribution < 1.29 is 0 Å². The summed E-state index contributed by atoms with van der Waals surface area (Å²) < 4.78 is 0. The predicted octanol–water partition coefficient (Wildman–Crippen LogP) is 3.49. The Kier molecular flexibility index (Phi) is 5.92. The van der Waals surface area contributed by atoms with Crippen molar-refractivity contribution in [2.75, 3.05) is 20.8 Å². The summed E-state index contributed by atoms with van der Waals surface area (Å²) in [5.74, 6) is 0. The van der Waals surface area contributed by atoms with Gasteiger partial charge in [0.15, 0.2) is 0 Å². The van der Waals surface area contributed by atoms with Gasteiger partial charge in [0.25, 0.3) is 0 Å². The maximum absolute atomic E-state index is 4.42. The van der Waals surface area contributed by atoms with Gasteiger partial charge in [-0.05, 0) is 25.0 Å². The highest BCUT2D eigenvalue weighted by Crippen LogP contribution is 2.02. The van der Waals surface area contributed by atoms with E-state index >= 15 is 0 Å². The summed E-state index contributed by atoms with van der Waals surface area (Å²) in [6, 6.07) is 16.6. The van der Waals surface area contributed by atoms with E-state index in [9.17, 15) is 0 Å². The Hall–Kier alpha value is -2.62. The number of hydrogen-bond donors (Lipinski definition) is 0. The van der Waals surface area contributed by atoms with Gasteiger partial charge in [-0.15, -0.1) is 0 Å². The van der Waals surface area contributed by atoms with Crippen molar-refractivity contribution in [1.82, 2.24) is 10.0 Å². The summed E-state index contributed by atoms with van der Waals surface area (Å²) >= 11 is 0. The van der Waals surface area contributed by atoms with Gasteiger partial charge in [-0.3, -0.25) is 10.0 Å². The molecule has 0 saturated carbocycles. The molecule has 2 aromatic carbocycles. The first-order chi connectivity index (χ1) is 11.0. The summed E-state index contributed by atoms with van der Waals surface area (Å²) in [5.41, 5.74) is 4.68. The van der Waals surface area contributed by atoms with E-state index in [4.69, 9.17) is 0 Å². The second-order valence-corrected chi connectivity index (χ2v) is 5.77. The third-order valence-electron chi connectivity index (χ3n) is 3.37. The normalized spacial score (nSPS) is 11.3.